The van der Waals surface area contributed by atoms with Crippen LogP contribution >= 0.6 is 0 Å². The molecule has 0 fully saturated rings. The molecular formula is C12H22N4O2S. The molecule has 1 rings (SSSR count). The largest absolute Gasteiger partial charge is 0.357 e. The zero-order valence-corrected chi connectivity index (χ0v) is 12.9. The Morgan fingerprint density at radius 1 is 1.26 bits per heavy atom. The van der Waals surface area contributed by atoms with Crippen LogP contribution in [0.15, 0.2) is 17.3 Å². The maximum atomic E-state index is 12.1. The van der Waals surface area contributed by atoms with Crippen LogP contribution in [0.1, 0.15) is 27.7 Å². The second-order valence-corrected chi connectivity index (χ2v) is 7.23. The third-order valence-electron chi connectivity index (χ3n) is 3.44. The van der Waals surface area contributed by atoms with Gasteiger partial charge in [0, 0.05) is 13.6 Å². The molecule has 0 saturated carbocycles. The number of hydrogen-bond acceptors (Lipinski definition) is 5. The monoisotopic (exact) mass is 286 g/mol. The molecule has 1 heterocycles. The molecule has 6 nitrogen and oxygen atoms in total. The van der Waals surface area contributed by atoms with Gasteiger partial charge in [-0.25, -0.2) is 23.1 Å². The Morgan fingerprint density at radius 3 is 2.21 bits per heavy atom. The van der Waals surface area contributed by atoms with Gasteiger partial charge < -0.3 is 5.32 Å². The molecule has 1 aromatic rings. The van der Waals surface area contributed by atoms with E-state index in [0.717, 1.165) is 0 Å². The third-order valence-corrected chi connectivity index (χ3v) is 4.80. The Labute approximate surface area is 115 Å². The lowest BCUT2D eigenvalue weighted by Gasteiger charge is -2.29. The molecule has 0 saturated heterocycles. The summed E-state index contributed by atoms with van der Waals surface area (Å²) in [6.07, 6.45) is 2.59. The van der Waals surface area contributed by atoms with E-state index < -0.39 is 10.0 Å². The summed E-state index contributed by atoms with van der Waals surface area (Å²) >= 11 is 0. The minimum absolute atomic E-state index is 0.0751. The number of nitrogens with one attached hydrogen (secondary N) is 2. The van der Waals surface area contributed by atoms with Gasteiger partial charge in [0.1, 0.15) is 4.90 Å². The van der Waals surface area contributed by atoms with Crippen molar-refractivity contribution in [2.75, 3.05) is 18.9 Å². The lowest BCUT2D eigenvalue weighted by Crippen LogP contribution is -2.37. The van der Waals surface area contributed by atoms with E-state index in [1.165, 1.54) is 12.4 Å². The maximum Gasteiger partial charge on any atom is 0.243 e. The van der Waals surface area contributed by atoms with Crippen LogP contribution in [0.4, 0.5) is 5.95 Å². The van der Waals surface area contributed by atoms with Crippen molar-refractivity contribution in [1.82, 2.24) is 14.7 Å². The summed E-state index contributed by atoms with van der Waals surface area (Å²) in [7, 11) is -1.88. The summed E-state index contributed by atoms with van der Waals surface area (Å²) in [4.78, 5) is 7.88. The van der Waals surface area contributed by atoms with Gasteiger partial charge in [0.25, 0.3) is 0 Å². The van der Waals surface area contributed by atoms with E-state index in [4.69, 9.17) is 0 Å². The van der Waals surface area contributed by atoms with E-state index in [-0.39, 0.29) is 10.3 Å². The molecule has 19 heavy (non-hydrogen) atoms. The van der Waals surface area contributed by atoms with Crippen molar-refractivity contribution in [1.29, 1.82) is 0 Å². The lowest BCUT2D eigenvalue weighted by atomic mass is 9.81. The molecule has 7 heteroatoms. The van der Waals surface area contributed by atoms with Crippen LogP contribution in [0.2, 0.25) is 0 Å². The molecule has 0 aromatic carbocycles. The zero-order chi connectivity index (χ0) is 14.7. The van der Waals surface area contributed by atoms with Gasteiger partial charge >= 0.3 is 0 Å². The van der Waals surface area contributed by atoms with E-state index in [1.807, 2.05) is 13.8 Å². The van der Waals surface area contributed by atoms with Crippen LogP contribution in [0.25, 0.3) is 0 Å². The van der Waals surface area contributed by atoms with Crippen LogP contribution in [0, 0.1) is 11.3 Å². The van der Waals surface area contributed by atoms with Crippen molar-refractivity contribution in [3.63, 3.8) is 0 Å². The van der Waals surface area contributed by atoms with Crippen LogP contribution in [0.5, 0.6) is 0 Å². The third kappa shape index (κ3) is 4.14. The first-order chi connectivity index (χ1) is 8.69. The second-order valence-electron chi connectivity index (χ2n) is 5.46. The van der Waals surface area contributed by atoms with Gasteiger partial charge in [0.05, 0.1) is 12.4 Å². The van der Waals surface area contributed by atoms with Crippen LogP contribution in [-0.2, 0) is 10.0 Å². The van der Waals surface area contributed by atoms with Gasteiger partial charge in [0.2, 0.25) is 16.0 Å². The van der Waals surface area contributed by atoms with E-state index in [9.17, 15) is 8.42 Å². The Morgan fingerprint density at radius 2 is 1.79 bits per heavy atom. The quantitative estimate of drug-likeness (QED) is 0.827. The summed E-state index contributed by atoms with van der Waals surface area (Å²) in [5.74, 6) is 0.763. The topological polar surface area (TPSA) is 84.0 Å². The summed E-state index contributed by atoms with van der Waals surface area (Å²) < 4.78 is 26.8. The van der Waals surface area contributed by atoms with Crippen molar-refractivity contribution in [3.05, 3.63) is 12.4 Å². The van der Waals surface area contributed by atoms with Crippen molar-refractivity contribution in [2.24, 2.45) is 11.3 Å². The van der Waals surface area contributed by atoms with Gasteiger partial charge in [-0.15, -0.1) is 0 Å². The normalized spacial score (nSPS) is 12.7. The van der Waals surface area contributed by atoms with Crippen molar-refractivity contribution >= 4 is 16.0 Å². The fraction of sp³-hybridized carbons (Fsp3) is 0.667. The molecule has 0 aliphatic rings. The Kier molecular flexibility index (Phi) is 4.86. The summed E-state index contributed by atoms with van der Waals surface area (Å²) in [5, 5.41) is 2.74. The summed E-state index contributed by atoms with van der Waals surface area (Å²) in [6.45, 7) is 8.57. The van der Waals surface area contributed by atoms with E-state index >= 15 is 0 Å². The summed E-state index contributed by atoms with van der Waals surface area (Å²) in [5.41, 5.74) is -0.112. The predicted molar refractivity (Wildman–Crippen MR) is 75.4 cm³/mol. The molecule has 0 aliphatic carbocycles. The average Bonchev–Trinajstić information content (AvgIpc) is 2.36. The molecule has 0 radical (unpaired) electrons. The Hall–Kier alpha value is -1.21. The lowest BCUT2D eigenvalue weighted by molar-refractivity contribution is 0.252. The maximum absolute atomic E-state index is 12.1. The molecule has 2 N–H and O–H groups in total. The zero-order valence-electron chi connectivity index (χ0n) is 12.1. The van der Waals surface area contributed by atoms with Gasteiger partial charge in [-0.05, 0) is 11.3 Å². The SMILES string of the molecule is CNc1ncc(S(=O)(=O)NCC(C)(C)C(C)C)cn1. The highest BCUT2D eigenvalue weighted by molar-refractivity contribution is 7.89. The average molecular weight is 286 g/mol. The molecule has 0 bridgehead atoms. The fourth-order valence-corrected chi connectivity index (χ4v) is 2.26. The van der Waals surface area contributed by atoms with Crippen molar-refractivity contribution in [3.8, 4) is 0 Å². The van der Waals surface area contributed by atoms with E-state index in [0.29, 0.717) is 18.4 Å². The summed E-state index contributed by atoms with van der Waals surface area (Å²) in [6, 6.07) is 0. The fourth-order valence-electron chi connectivity index (χ4n) is 1.15. The van der Waals surface area contributed by atoms with E-state index in [1.54, 1.807) is 7.05 Å². The molecule has 0 aliphatic heterocycles. The minimum Gasteiger partial charge on any atom is -0.357 e. The number of hydrogen-bond donors (Lipinski definition) is 2. The first-order valence-electron chi connectivity index (χ1n) is 6.18. The van der Waals surface area contributed by atoms with Gasteiger partial charge in [-0.1, -0.05) is 27.7 Å². The highest BCUT2D eigenvalue weighted by atomic mass is 32.2. The molecular weight excluding hydrogens is 264 g/mol. The van der Waals surface area contributed by atoms with Crippen LogP contribution < -0.4 is 10.0 Å². The van der Waals surface area contributed by atoms with E-state index in [2.05, 4.69) is 33.9 Å². The first-order valence-corrected chi connectivity index (χ1v) is 7.67. The Bertz CT molecular complexity index is 509. The number of anilines is 1. The Balaban J connectivity index is 2.81. The second kappa shape index (κ2) is 5.83. The molecule has 1 aromatic heterocycles. The van der Waals surface area contributed by atoms with Crippen molar-refractivity contribution < 1.29 is 8.42 Å². The smallest absolute Gasteiger partial charge is 0.243 e. The minimum atomic E-state index is -3.55. The van der Waals surface area contributed by atoms with Crippen molar-refractivity contribution in [2.45, 2.75) is 32.6 Å². The highest BCUT2D eigenvalue weighted by Crippen LogP contribution is 2.25. The number of rotatable bonds is 6. The molecule has 108 valence electrons. The molecule has 0 amide bonds. The molecule has 0 atom stereocenters. The van der Waals surface area contributed by atoms with Gasteiger partial charge in [-0.3, -0.25) is 0 Å². The molecule has 0 spiro atoms. The van der Waals surface area contributed by atoms with Crippen LogP contribution in [0.3, 0.4) is 0 Å². The predicted octanol–water partition coefficient (Wildman–Crippen LogP) is 1.48. The number of aromatic nitrogens is 2. The van der Waals surface area contributed by atoms with Gasteiger partial charge in [0.15, 0.2) is 0 Å². The van der Waals surface area contributed by atoms with Gasteiger partial charge in [-0.2, -0.15) is 0 Å². The highest BCUT2D eigenvalue weighted by Gasteiger charge is 2.25. The first kappa shape index (κ1) is 15.8. The number of sulfonamides is 1. The standard InChI is InChI=1S/C12H22N4O2S/c1-9(2)12(3,4)8-16-19(17,18)10-6-14-11(13-5)15-7-10/h6-7,9,16H,8H2,1-5H3,(H,13,14,15). The van der Waals surface area contributed by atoms with Crippen LogP contribution in [-0.4, -0.2) is 32.0 Å². The molecule has 0 unspecified atom stereocenters. The number of nitrogens with zero attached hydrogens (tertiary/aromatic N) is 2.